The van der Waals surface area contributed by atoms with Gasteiger partial charge in [0.05, 0.1) is 6.54 Å². The lowest BCUT2D eigenvalue weighted by atomic mass is 9.84. The molecule has 176 valence electrons. The summed E-state index contributed by atoms with van der Waals surface area (Å²) in [6.45, 7) is 0.344. The smallest absolute Gasteiger partial charge is 0.332 e. The lowest BCUT2D eigenvalue weighted by Gasteiger charge is -2.22. The molecule has 0 atom stereocenters. The Morgan fingerprint density at radius 3 is 2.29 bits per heavy atom. The number of imidazole rings is 1. The molecule has 0 radical (unpaired) electrons. The van der Waals surface area contributed by atoms with Crippen LogP contribution < -0.4 is 16.0 Å². The van der Waals surface area contributed by atoms with Gasteiger partial charge in [0.2, 0.25) is 0 Å². The molecule has 1 saturated carbocycles. The molecule has 5 rings (SSSR count). The van der Waals surface area contributed by atoms with E-state index in [1.165, 1.54) is 49.3 Å². The molecule has 1 fully saturated rings. The Labute approximate surface area is 202 Å². The molecule has 0 aliphatic heterocycles. The summed E-state index contributed by atoms with van der Waals surface area (Å²) in [4.78, 5) is 30.1. The van der Waals surface area contributed by atoms with E-state index in [4.69, 9.17) is 16.3 Å². The number of benzene rings is 2. The van der Waals surface area contributed by atoms with Crippen LogP contribution in [0.5, 0.6) is 11.8 Å². The van der Waals surface area contributed by atoms with Crippen molar-refractivity contribution in [1.82, 2.24) is 18.7 Å². The number of fused-ring (bicyclic) bond motifs is 1. The number of halogens is 1. The molecule has 0 amide bonds. The van der Waals surface area contributed by atoms with Crippen molar-refractivity contribution in [2.45, 2.75) is 44.6 Å². The predicted octanol–water partition coefficient (Wildman–Crippen LogP) is 4.98. The average Bonchev–Trinajstić information content (AvgIpc) is 3.21. The van der Waals surface area contributed by atoms with Crippen LogP contribution >= 0.6 is 11.6 Å². The van der Waals surface area contributed by atoms with Gasteiger partial charge in [-0.05, 0) is 54.2 Å². The van der Waals surface area contributed by atoms with Crippen molar-refractivity contribution < 1.29 is 4.74 Å². The lowest BCUT2D eigenvalue weighted by Crippen LogP contribution is -2.37. The summed E-state index contributed by atoms with van der Waals surface area (Å²) in [5, 5.41) is 0.632. The first-order valence-electron chi connectivity index (χ1n) is 11.6. The third-order valence-electron chi connectivity index (χ3n) is 6.73. The van der Waals surface area contributed by atoms with Gasteiger partial charge in [0, 0.05) is 19.1 Å². The number of ether oxygens (including phenoxy) is 1. The van der Waals surface area contributed by atoms with Crippen LogP contribution in [-0.4, -0.2) is 18.7 Å². The highest BCUT2D eigenvalue weighted by atomic mass is 35.5. The van der Waals surface area contributed by atoms with E-state index in [1.807, 2.05) is 24.3 Å². The number of hydrogen-bond donors (Lipinski definition) is 0. The van der Waals surface area contributed by atoms with Crippen molar-refractivity contribution in [3.8, 4) is 11.8 Å². The summed E-state index contributed by atoms with van der Waals surface area (Å²) in [6, 6.07) is 15.8. The number of rotatable bonds is 5. The van der Waals surface area contributed by atoms with E-state index in [2.05, 4.69) is 17.1 Å². The minimum absolute atomic E-state index is 0.258. The molecule has 8 heteroatoms. The fraction of sp³-hybridized carbons (Fsp3) is 0.346. The topological polar surface area (TPSA) is 71.1 Å². The molecule has 2 heterocycles. The molecular formula is C26H27ClN4O3. The second-order valence-corrected chi connectivity index (χ2v) is 9.43. The molecule has 2 aromatic carbocycles. The summed E-state index contributed by atoms with van der Waals surface area (Å²) >= 11 is 6.04. The van der Waals surface area contributed by atoms with Gasteiger partial charge in [-0.25, -0.2) is 4.79 Å². The van der Waals surface area contributed by atoms with Gasteiger partial charge in [-0.15, -0.1) is 0 Å². The zero-order valence-corrected chi connectivity index (χ0v) is 20.1. The third-order valence-corrected chi connectivity index (χ3v) is 6.98. The standard InChI is InChI=1S/C26H27ClN4O3/c1-29-23-22(24(32)30(2)26(29)33)31(16-17-8-12-20(27)13-9-17)25(28-23)34-21-14-10-19(11-15-21)18-6-4-3-5-7-18/h8-15,18H,3-7,16H2,1-2H3. The molecule has 0 bridgehead atoms. The van der Waals surface area contributed by atoms with Crippen molar-refractivity contribution in [3.63, 3.8) is 0 Å². The fourth-order valence-electron chi connectivity index (χ4n) is 4.77. The maximum absolute atomic E-state index is 13.1. The Morgan fingerprint density at radius 2 is 1.62 bits per heavy atom. The van der Waals surface area contributed by atoms with E-state index in [9.17, 15) is 9.59 Å². The normalized spacial score (nSPS) is 14.6. The fourth-order valence-corrected chi connectivity index (χ4v) is 4.90. The van der Waals surface area contributed by atoms with Gasteiger partial charge in [0.1, 0.15) is 5.75 Å². The van der Waals surface area contributed by atoms with Gasteiger partial charge >= 0.3 is 11.7 Å². The maximum Gasteiger partial charge on any atom is 0.332 e. The first kappa shape index (κ1) is 22.5. The Balaban J connectivity index is 1.56. The summed E-state index contributed by atoms with van der Waals surface area (Å²) in [5.74, 6) is 1.24. The Hall–Kier alpha value is -3.32. The van der Waals surface area contributed by atoms with E-state index in [0.717, 1.165) is 10.1 Å². The van der Waals surface area contributed by atoms with Crippen LogP contribution in [0.25, 0.3) is 11.2 Å². The predicted molar refractivity (Wildman–Crippen MR) is 133 cm³/mol. The number of hydrogen-bond acceptors (Lipinski definition) is 4. The number of aryl methyl sites for hydroxylation is 1. The molecule has 2 aromatic heterocycles. The molecule has 7 nitrogen and oxygen atoms in total. The van der Waals surface area contributed by atoms with Crippen molar-refractivity contribution >= 4 is 22.8 Å². The molecule has 0 saturated heterocycles. The second-order valence-electron chi connectivity index (χ2n) is 8.99. The van der Waals surface area contributed by atoms with Crippen LogP contribution in [0, 0.1) is 0 Å². The number of aromatic nitrogens is 4. The summed E-state index contributed by atoms with van der Waals surface area (Å²) in [6.07, 6.45) is 6.35. The van der Waals surface area contributed by atoms with Crippen molar-refractivity contribution in [2.75, 3.05) is 0 Å². The van der Waals surface area contributed by atoms with E-state index < -0.39 is 11.2 Å². The average molecular weight is 479 g/mol. The van der Waals surface area contributed by atoms with E-state index in [-0.39, 0.29) is 11.7 Å². The Bertz CT molecular complexity index is 1440. The van der Waals surface area contributed by atoms with Crippen LogP contribution in [0.2, 0.25) is 5.02 Å². The third kappa shape index (κ3) is 4.16. The van der Waals surface area contributed by atoms with Gasteiger partial charge in [0.25, 0.3) is 5.56 Å². The van der Waals surface area contributed by atoms with Crippen molar-refractivity contribution in [2.24, 2.45) is 14.1 Å². The highest BCUT2D eigenvalue weighted by Crippen LogP contribution is 2.34. The van der Waals surface area contributed by atoms with E-state index in [0.29, 0.717) is 28.8 Å². The van der Waals surface area contributed by atoms with Crippen LogP contribution in [0.4, 0.5) is 0 Å². The summed E-state index contributed by atoms with van der Waals surface area (Å²) in [7, 11) is 3.07. The molecule has 1 aliphatic rings. The number of nitrogens with zero attached hydrogens (tertiary/aromatic N) is 4. The zero-order chi connectivity index (χ0) is 23.8. The van der Waals surface area contributed by atoms with Crippen LogP contribution in [0.15, 0.2) is 58.1 Å². The highest BCUT2D eigenvalue weighted by molar-refractivity contribution is 6.30. The van der Waals surface area contributed by atoms with Gasteiger partial charge in [-0.2, -0.15) is 4.98 Å². The SMILES string of the molecule is Cn1c(=O)c2c(nc(Oc3ccc(C4CCCCC4)cc3)n2Cc2ccc(Cl)cc2)n(C)c1=O. The lowest BCUT2D eigenvalue weighted by molar-refractivity contribution is 0.419. The second kappa shape index (κ2) is 9.14. The van der Waals surface area contributed by atoms with Gasteiger partial charge in [-0.3, -0.25) is 18.5 Å². The molecule has 0 unspecified atom stereocenters. The first-order valence-corrected chi connectivity index (χ1v) is 12.0. The van der Waals surface area contributed by atoms with E-state index in [1.54, 1.807) is 23.7 Å². The van der Waals surface area contributed by atoms with Gasteiger partial charge in [-0.1, -0.05) is 55.1 Å². The monoisotopic (exact) mass is 478 g/mol. The molecule has 0 N–H and O–H groups in total. The highest BCUT2D eigenvalue weighted by Gasteiger charge is 2.21. The zero-order valence-electron chi connectivity index (χ0n) is 19.3. The summed E-state index contributed by atoms with van der Waals surface area (Å²) in [5.41, 5.74) is 2.01. The molecular weight excluding hydrogens is 452 g/mol. The van der Waals surface area contributed by atoms with Crippen LogP contribution in [-0.2, 0) is 20.6 Å². The Kier molecular flexibility index (Phi) is 6.04. The molecule has 34 heavy (non-hydrogen) atoms. The van der Waals surface area contributed by atoms with Crippen LogP contribution in [0.3, 0.4) is 0 Å². The van der Waals surface area contributed by atoms with Crippen molar-refractivity contribution in [1.29, 1.82) is 0 Å². The largest absolute Gasteiger partial charge is 0.425 e. The van der Waals surface area contributed by atoms with Gasteiger partial charge < -0.3 is 4.74 Å². The summed E-state index contributed by atoms with van der Waals surface area (Å²) < 4.78 is 10.4. The quantitative estimate of drug-likeness (QED) is 0.406. The minimum Gasteiger partial charge on any atom is -0.425 e. The van der Waals surface area contributed by atoms with Gasteiger partial charge in [0.15, 0.2) is 11.2 Å². The molecule has 0 spiro atoms. The maximum atomic E-state index is 13.1. The molecule has 1 aliphatic carbocycles. The molecule has 4 aromatic rings. The van der Waals surface area contributed by atoms with Crippen LogP contribution in [0.1, 0.15) is 49.1 Å². The first-order chi connectivity index (χ1) is 16.4. The van der Waals surface area contributed by atoms with Crippen molar-refractivity contribution in [3.05, 3.63) is 85.5 Å². The van der Waals surface area contributed by atoms with E-state index >= 15 is 0 Å². The minimum atomic E-state index is -0.433. The Morgan fingerprint density at radius 1 is 0.941 bits per heavy atom.